The largest absolute Gasteiger partial charge is 0.497 e. The fourth-order valence-corrected chi connectivity index (χ4v) is 2.52. The number of benzene rings is 2. The molecule has 21 heavy (non-hydrogen) atoms. The molecule has 3 N–H and O–H groups in total. The van der Waals surface area contributed by atoms with Crippen LogP contribution in [0, 0.1) is 0 Å². The van der Waals surface area contributed by atoms with Crippen LogP contribution in [0.25, 0.3) is 0 Å². The topological polar surface area (TPSA) is 55.5 Å². The van der Waals surface area contributed by atoms with Crippen LogP contribution in [0.5, 0.6) is 5.75 Å². The summed E-state index contributed by atoms with van der Waals surface area (Å²) in [5.74, 6) is 0.841. The lowest BCUT2D eigenvalue weighted by atomic mass is 9.90. The van der Waals surface area contributed by atoms with Crippen molar-refractivity contribution in [2.24, 2.45) is 5.73 Å². The van der Waals surface area contributed by atoms with Gasteiger partial charge in [-0.2, -0.15) is 0 Å². The summed E-state index contributed by atoms with van der Waals surface area (Å²) in [5.41, 5.74) is 8.13. The van der Waals surface area contributed by atoms with E-state index in [1.807, 2.05) is 54.6 Å². The highest BCUT2D eigenvalue weighted by Gasteiger charge is 2.19. The minimum atomic E-state index is -0.431. The molecule has 3 heteroatoms. The summed E-state index contributed by atoms with van der Waals surface area (Å²) in [7, 11) is 1.66. The molecule has 0 aliphatic rings. The molecule has 2 aromatic carbocycles. The number of ether oxygens (including phenoxy) is 1. The molecule has 0 fully saturated rings. The summed E-state index contributed by atoms with van der Waals surface area (Å²) in [6.45, 7) is 0.452. The van der Waals surface area contributed by atoms with E-state index in [1.165, 1.54) is 5.56 Å². The van der Waals surface area contributed by atoms with Gasteiger partial charge in [0.15, 0.2) is 0 Å². The van der Waals surface area contributed by atoms with E-state index in [0.29, 0.717) is 13.0 Å². The Balaban J connectivity index is 1.94. The smallest absolute Gasteiger partial charge is 0.118 e. The molecule has 2 atom stereocenters. The predicted octanol–water partition coefficient (Wildman–Crippen LogP) is 2.73. The zero-order valence-corrected chi connectivity index (χ0v) is 12.4. The number of hydrogen-bond acceptors (Lipinski definition) is 3. The van der Waals surface area contributed by atoms with E-state index in [1.54, 1.807) is 7.11 Å². The standard InChI is InChI=1S/C18H23NO2/c1-21-16-10-7-14(8-11-16)9-12-18(20)17(13-19)15-5-3-2-4-6-15/h2-8,10-11,17-18,20H,9,12-13,19H2,1H3. The zero-order chi connectivity index (χ0) is 15.1. The van der Waals surface area contributed by atoms with Gasteiger partial charge in [0, 0.05) is 12.5 Å². The van der Waals surface area contributed by atoms with Crippen LogP contribution in [-0.4, -0.2) is 24.9 Å². The summed E-state index contributed by atoms with van der Waals surface area (Å²) < 4.78 is 5.14. The van der Waals surface area contributed by atoms with Crippen molar-refractivity contribution in [3.63, 3.8) is 0 Å². The van der Waals surface area contributed by atoms with Crippen molar-refractivity contribution < 1.29 is 9.84 Å². The first-order valence-electron chi connectivity index (χ1n) is 7.30. The number of aliphatic hydroxyl groups is 1. The van der Waals surface area contributed by atoms with Crippen LogP contribution < -0.4 is 10.5 Å². The van der Waals surface area contributed by atoms with E-state index in [2.05, 4.69) is 0 Å². The van der Waals surface area contributed by atoms with Crippen molar-refractivity contribution in [1.82, 2.24) is 0 Å². The summed E-state index contributed by atoms with van der Waals surface area (Å²) in [4.78, 5) is 0. The third-order valence-corrected chi connectivity index (χ3v) is 3.83. The maximum atomic E-state index is 10.4. The van der Waals surface area contributed by atoms with Crippen molar-refractivity contribution >= 4 is 0 Å². The Morgan fingerprint density at radius 1 is 1.05 bits per heavy atom. The van der Waals surface area contributed by atoms with Gasteiger partial charge in [-0.1, -0.05) is 42.5 Å². The van der Waals surface area contributed by atoms with Gasteiger partial charge < -0.3 is 15.6 Å². The first-order valence-corrected chi connectivity index (χ1v) is 7.30. The first kappa shape index (κ1) is 15.5. The van der Waals surface area contributed by atoms with Gasteiger partial charge in [-0.3, -0.25) is 0 Å². The van der Waals surface area contributed by atoms with E-state index in [9.17, 15) is 5.11 Å². The molecule has 0 aliphatic heterocycles. The fourth-order valence-electron chi connectivity index (χ4n) is 2.52. The van der Waals surface area contributed by atoms with E-state index in [4.69, 9.17) is 10.5 Å². The van der Waals surface area contributed by atoms with E-state index in [-0.39, 0.29) is 5.92 Å². The van der Waals surface area contributed by atoms with Crippen molar-refractivity contribution in [1.29, 1.82) is 0 Å². The lowest BCUT2D eigenvalue weighted by Crippen LogP contribution is -2.26. The Kier molecular flexibility index (Phi) is 5.78. The van der Waals surface area contributed by atoms with Crippen LogP contribution in [-0.2, 0) is 6.42 Å². The molecule has 2 aromatic rings. The van der Waals surface area contributed by atoms with Crippen LogP contribution in [0.2, 0.25) is 0 Å². The number of methoxy groups -OCH3 is 1. The number of hydrogen-bond donors (Lipinski definition) is 2. The average Bonchev–Trinajstić information content (AvgIpc) is 2.55. The number of nitrogens with two attached hydrogens (primary N) is 1. The van der Waals surface area contributed by atoms with Crippen LogP contribution in [0.1, 0.15) is 23.5 Å². The molecule has 0 saturated carbocycles. The second-order valence-corrected chi connectivity index (χ2v) is 5.21. The quantitative estimate of drug-likeness (QED) is 0.822. The van der Waals surface area contributed by atoms with Gasteiger partial charge in [-0.05, 0) is 36.1 Å². The molecule has 0 heterocycles. The van der Waals surface area contributed by atoms with Crippen LogP contribution in [0.15, 0.2) is 54.6 Å². The maximum absolute atomic E-state index is 10.4. The molecule has 0 aromatic heterocycles. The maximum Gasteiger partial charge on any atom is 0.118 e. The summed E-state index contributed by atoms with van der Waals surface area (Å²) in [6.07, 6.45) is 1.09. The molecule has 0 radical (unpaired) electrons. The van der Waals surface area contributed by atoms with Crippen LogP contribution >= 0.6 is 0 Å². The van der Waals surface area contributed by atoms with Gasteiger partial charge in [0.2, 0.25) is 0 Å². The minimum absolute atomic E-state index is 0.00977. The summed E-state index contributed by atoms with van der Waals surface area (Å²) >= 11 is 0. The molecule has 2 unspecified atom stereocenters. The molecule has 0 aliphatic carbocycles. The van der Waals surface area contributed by atoms with Gasteiger partial charge in [0.1, 0.15) is 5.75 Å². The Bertz CT molecular complexity index is 525. The highest BCUT2D eigenvalue weighted by molar-refractivity contribution is 5.27. The third kappa shape index (κ3) is 4.31. The average molecular weight is 285 g/mol. The SMILES string of the molecule is COc1ccc(CCC(O)C(CN)c2ccccc2)cc1. The fraction of sp³-hybridized carbons (Fsp3) is 0.333. The molecule has 112 valence electrons. The number of rotatable bonds is 7. The van der Waals surface area contributed by atoms with Gasteiger partial charge in [0.25, 0.3) is 0 Å². The molecular formula is C18H23NO2. The predicted molar refractivity (Wildman–Crippen MR) is 85.6 cm³/mol. The second-order valence-electron chi connectivity index (χ2n) is 5.21. The molecule has 2 rings (SSSR count). The van der Waals surface area contributed by atoms with Gasteiger partial charge in [-0.25, -0.2) is 0 Å². The minimum Gasteiger partial charge on any atom is -0.497 e. The van der Waals surface area contributed by atoms with E-state index in [0.717, 1.165) is 17.7 Å². The van der Waals surface area contributed by atoms with Crippen LogP contribution in [0.3, 0.4) is 0 Å². The molecule has 0 spiro atoms. The number of aliphatic hydroxyl groups excluding tert-OH is 1. The highest BCUT2D eigenvalue weighted by Crippen LogP contribution is 2.22. The van der Waals surface area contributed by atoms with Gasteiger partial charge in [-0.15, -0.1) is 0 Å². The zero-order valence-electron chi connectivity index (χ0n) is 12.4. The molecule has 0 bridgehead atoms. The second kappa shape index (κ2) is 7.81. The monoisotopic (exact) mass is 285 g/mol. The van der Waals surface area contributed by atoms with Crippen molar-refractivity contribution in [2.45, 2.75) is 24.9 Å². The lowest BCUT2D eigenvalue weighted by Gasteiger charge is -2.22. The number of aryl methyl sites for hydroxylation is 1. The Labute approximate surface area is 126 Å². The van der Waals surface area contributed by atoms with Crippen LogP contribution in [0.4, 0.5) is 0 Å². The first-order chi connectivity index (χ1) is 10.2. The third-order valence-electron chi connectivity index (χ3n) is 3.83. The molecule has 0 amide bonds. The Hall–Kier alpha value is -1.84. The van der Waals surface area contributed by atoms with Crippen molar-refractivity contribution in [3.8, 4) is 5.75 Å². The summed E-state index contributed by atoms with van der Waals surface area (Å²) in [5, 5.41) is 10.4. The summed E-state index contributed by atoms with van der Waals surface area (Å²) in [6, 6.07) is 17.9. The highest BCUT2D eigenvalue weighted by atomic mass is 16.5. The van der Waals surface area contributed by atoms with E-state index >= 15 is 0 Å². The Morgan fingerprint density at radius 2 is 1.71 bits per heavy atom. The van der Waals surface area contributed by atoms with Crippen molar-refractivity contribution in [3.05, 3.63) is 65.7 Å². The lowest BCUT2D eigenvalue weighted by molar-refractivity contribution is 0.136. The molecule has 0 saturated heterocycles. The molecule has 3 nitrogen and oxygen atoms in total. The Morgan fingerprint density at radius 3 is 2.29 bits per heavy atom. The normalized spacial score (nSPS) is 13.7. The van der Waals surface area contributed by atoms with Gasteiger partial charge >= 0.3 is 0 Å². The van der Waals surface area contributed by atoms with Gasteiger partial charge in [0.05, 0.1) is 13.2 Å². The van der Waals surface area contributed by atoms with E-state index < -0.39 is 6.10 Å². The van der Waals surface area contributed by atoms with Crippen molar-refractivity contribution in [2.75, 3.05) is 13.7 Å². The molecular weight excluding hydrogens is 262 g/mol.